The smallest absolute Gasteiger partial charge is 0.262 e. The summed E-state index contributed by atoms with van der Waals surface area (Å²) in [5.74, 6) is -0.449. The molecule has 0 saturated carbocycles. The lowest BCUT2D eigenvalue weighted by Crippen LogP contribution is -2.32. The van der Waals surface area contributed by atoms with Crippen molar-refractivity contribution in [3.05, 3.63) is 60.7 Å². The van der Waals surface area contributed by atoms with Crippen LogP contribution in [-0.4, -0.2) is 27.5 Å². The molecular weight excluding hydrogens is 417 g/mol. The fourth-order valence-electron chi connectivity index (χ4n) is 3.05. The first-order valence-electron chi connectivity index (χ1n) is 9.94. The van der Waals surface area contributed by atoms with E-state index in [2.05, 4.69) is 15.4 Å². The Balaban J connectivity index is 1.85. The number of anilines is 3. The number of carbonyl (C=O) groups is 1. The molecule has 0 aliphatic carbocycles. The Labute approximate surface area is 181 Å². The lowest BCUT2D eigenvalue weighted by molar-refractivity contribution is -0.124. The van der Waals surface area contributed by atoms with Gasteiger partial charge in [-0.1, -0.05) is 24.3 Å². The van der Waals surface area contributed by atoms with Crippen LogP contribution in [0.5, 0.6) is 0 Å². The van der Waals surface area contributed by atoms with Crippen molar-refractivity contribution in [2.75, 3.05) is 28.6 Å². The molecule has 3 rings (SSSR count). The average molecular weight is 444 g/mol. The van der Waals surface area contributed by atoms with Gasteiger partial charge in [0.25, 0.3) is 10.0 Å². The molecule has 0 radical (unpaired) electrons. The maximum Gasteiger partial charge on any atom is 0.262 e. The molecule has 0 spiro atoms. The van der Waals surface area contributed by atoms with Crippen LogP contribution < -0.4 is 15.4 Å². The largest absolute Gasteiger partial charge is 0.385 e. The topological polar surface area (TPSA) is 87.3 Å². The normalized spacial score (nSPS) is 11.9. The Bertz CT molecular complexity index is 1190. The highest BCUT2D eigenvalue weighted by Crippen LogP contribution is 2.30. The number of halogens is 1. The first-order valence-corrected chi connectivity index (χ1v) is 11.4. The maximum atomic E-state index is 13.1. The minimum absolute atomic E-state index is 0.173. The van der Waals surface area contributed by atoms with E-state index in [4.69, 9.17) is 0 Å². The van der Waals surface area contributed by atoms with Crippen molar-refractivity contribution in [2.24, 2.45) is 5.41 Å². The number of hydrogen-bond acceptors (Lipinski definition) is 4. The Kier molecular flexibility index (Phi) is 6.50. The van der Waals surface area contributed by atoms with E-state index >= 15 is 0 Å². The second-order valence-electron chi connectivity index (χ2n) is 7.84. The molecule has 0 aromatic heterocycles. The second-order valence-corrected chi connectivity index (χ2v) is 9.49. The molecule has 164 valence electrons. The van der Waals surface area contributed by atoms with Crippen molar-refractivity contribution in [3.63, 3.8) is 0 Å². The Morgan fingerprint density at radius 2 is 1.55 bits per heavy atom. The molecule has 0 saturated heterocycles. The predicted molar refractivity (Wildman–Crippen MR) is 124 cm³/mol. The number of hydrogen-bond donors (Lipinski definition) is 3. The number of sulfonamides is 1. The van der Waals surface area contributed by atoms with E-state index in [9.17, 15) is 17.6 Å². The van der Waals surface area contributed by atoms with E-state index in [1.807, 2.05) is 25.1 Å². The van der Waals surface area contributed by atoms with Crippen molar-refractivity contribution < 1.29 is 17.6 Å². The maximum absolute atomic E-state index is 13.1. The van der Waals surface area contributed by atoms with Gasteiger partial charge in [0, 0.05) is 34.4 Å². The highest BCUT2D eigenvalue weighted by molar-refractivity contribution is 7.93. The summed E-state index contributed by atoms with van der Waals surface area (Å²) >= 11 is 0. The first-order chi connectivity index (χ1) is 14.7. The van der Waals surface area contributed by atoms with Crippen LogP contribution in [0.2, 0.25) is 0 Å². The molecule has 3 N–H and O–H groups in total. The van der Waals surface area contributed by atoms with E-state index in [0.717, 1.165) is 17.6 Å². The van der Waals surface area contributed by atoms with Crippen LogP contribution in [0.15, 0.2) is 65.6 Å². The van der Waals surface area contributed by atoms with E-state index in [1.54, 1.807) is 42.5 Å². The van der Waals surface area contributed by atoms with Gasteiger partial charge in [-0.25, -0.2) is 12.8 Å². The molecule has 0 heterocycles. The molecule has 3 aromatic rings. The van der Waals surface area contributed by atoms with E-state index in [0.29, 0.717) is 16.8 Å². The minimum atomic E-state index is -3.85. The summed E-state index contributed by atoms with van der Waals surface area (Å²) in [7, 11) is -3.85. The van der Waals surface area contributed by atoms with Crippen LogP contribution in [0.25, 0.3) is 10.8 Å². The third kappa shape index (κ3) is 4.96. The first kappa shape index (κ1) is 22.6. The van der Waals surface area contributed by atoms with Gasteiger partial charge in [0.1, 0.15) is 6.67 Å². The number of alkyl halides is 1. The summed E-state index contributed by atoms with van der Waals surface area (Å²) in [5.41, 5.74) is 0.533. The van der Waals surface area contributed by atoms with Crippen molar-refractivity contribution >= 4 is 43.8 Å². The summed E-state index contributed by atoms with van der Waals surface area (Å²) in [6, 6.07) is 16.9. The number of amides is 1. The predicted octanol–water partition coefficient (Wildman–Crippen LogP) is 5.01. The van der Waals surface area contributed by atoms with Crippen LogP contribution >= 0.6 is 0 Å². The molecule has 8 heteroatoms. The fraction of sp³-hybridized carbons (Fsp3) is 0.261. The van der Waals surface area contributed by atoms with E-state index in [1.165, 1.54) is 13.8 Å². The SMILES string of the molecule is CCNc1cccc2c(S(=O)(=O)Nc3ccc(NC(=O)C(C)(C)CF)cc3)cccc12. The van der Waals surface area contributed by atoms with Gasteiger partial charge in [-0.05, 0) is 57.2 Å². The lowest BCUT2D eigenvalue weighted by Gasteiger charge is -2.19. The van der Waals surface area contributed by atoms with Gasteiger partial charge in [-0.3, -0.25) is 9.52 Å². The summed E-state index contributed by atoms with van der Waals surface area (Å²) in [4.78, 5) is 12.3. The summed E-state index contributed by atoms with van der Waals surface area (Å²) < 4.78 is 41.7. The number of fused-ring (bicyclic) bond motifs is 1. The van der Waals surface area contributed by atoms with Crippen molar-refractivity contribution in [2.45, 2.75) is 25.7 Å². The van der Waals surface area contributed by atoms with E-state index in [-0.39, 0.29) is 4.90 Å². The number of nitrogens with one attached hydrogen (secondary N) is 3. The molecule has 6 nitrogen and oxygen atoms in total. The molecule has 3 aromatic carbocycles. The summed E-state index contributed by atoms with van der Waals surface area (Å²) in [5, 5.41) is 7.31. The molecular formula is C23H26FN3O3S. The van der Waals surface area contributed by atoms with Gasteiger partial charge in [-0.15, -0.1) is 0 Å². The number of rotatable bonds is 8. The van der Waals surface area contributed by atoms with Gasteiger partial charge in [-0.2, -0.15) is 0 Å². The van der Waals surface area contributed by atoms with Crippen LogP contribution in [0.4, 0.5) is 21.5 Å². The van der Waals surface area contributed by atoms with E-state index < -0.39 is 28.0 Å². The molecule has 0 fully saturated rings. The monoisotopic (exact) mass is 443 g/mol. The van der Waals surface area contributed by atoms with Crippen LogP contribution in [0.1, 0.15) is 20.8 Å². The molecule has 0 unspecified atom stereocenters. The quantitative estimate of drug-likeness (QED) is 0.457. The third-order valence-corrected chi connectivity index (χ3v) is 6.32. The van der Waals surface area contributed by atoms with Gasteiger partial charge in [0.2, 0.25) is 5.91 Å². The minimum Gasteiger partial charge on any atom is -0.385 e. The highest BCUT2D eigenvalue weighted by Gasteiger charge is 2.27. The highest BCUT2D eigenvalue weighted by atomic mass is 32.2. The zero-order chi connectivity index (χ0) is 22.6. The van der Waals surface area contributed by atoms with Crippen LogP contribution in [-0.2, 0) is 14.8 Å². The van der Waals surface area contributed by atoms with Gasteiger partial charge >= 0.3 is 0 Å². The zero-order valence-electron chi connectivity index (χ0n) is 17.7. The lowest BCUT2D eigenvalue weighted by atomic mass is 9.94. The average Bonchev–Trinajstić information content (AvgIpc) is 2.75. The zero-order valence-corrected chi connectivity index (χ0v) is 18.5. The Morgan fingerprint density at radius 1 is 0.935 bits per heavy atom. The third-order valence-electron chi connectivity index (χ3n) is 4.88. The van der Waals surface area contributed by atoms with Crippen molar-refractivity contribution in [1.29, 1.82) is 0 Å². The fourth-order valence-corrected chi connectivity index (χ4v) is 4.33. The number of carbonyl (C=O) groups excluding carboxylic acids is 1. The van der Waals surface area contributed by atoms with Gasteiger partial charge in [0.05, 0.1) is 10.3 Å². The molecule has 0 bridgehead atoms. The molecule has 0 aliphatic heterocycles. The Morgan fingerprint density at radius 3 is 2.19 bits per heavy atom. The van der Waals surface area contributed by atoms with Gasteiger partial charge < -0.3 is 10.6 Å². The molecule has 31 heavy (non-hydrogen) atoms. The Hall–Kier alpha value is -3.13. The summed E-state index contributed by atoms with van der Waals surface area (Å²) in [6.07, 6.45) is 0. The standard InChI is InChI=1S/C23H26FN3O3S/c1-4-25-20-9-5-8-19-18(20)7-6-10-21(19)31(29,30)27-17-13-11-16(12-14-17)26-22(28)23(2,3)15-24/h5-14,25,27H,4,15H2,1-3H3,(H,26,28). The van der Waals surface area contributed by atoms with Gasteiger partial charge in [0.15, 0.2) is 0 Å². The molecule has 0 aliphatic rings. The van der Waals surface area contributed by atoms with Crippen LogP contribution in [0.3, 0.4) is 0 Å². The van der Waals surface area contributed by atoms with Crippen molar-refractivity contribution in [1.82, 2.24) is 0 Å². The van der Waals surface area contributed by atoms with Crippen LogP contribution in [0, 0.1) is 5.41 Å². The van der Waals surface area contributed by atoms with Crippen molar-refractivity contribution in [3.8, 4) is 0 Å². The second kappa shape index (κ2) is 8.93. The molecule has 0 atom stereocenters. The molecule has 1 amide bonds. The number of benzene rings is 3. The summed E-state index contributed by atoms with van der Waals surface area (Å²) in [6.45, 7) is 4.94.